The number of rotatable bonds is 9. The summed E-state index contributed by atoms with van der Waals surface area (Å²) in [7, 11) is 0. The summed E-state index contributed by atoms with van der Waals surface area (Å²) in [5.74, 6) is -1.79. The van der Waals surface area contributed by atoms with Gasteiger partial charge in [0.1, 0.15) is 6.10 Å². The number of hydrogen-bond donors (Lipinski definition) is 2. The van der Waals surface area contributed by atoms with E-state index in [0.717, 1.165) is 74.5 Å². The van der Waals surface area contributed by atoms with E-state index in [1.54, 1.807) is 13.8 Å². The predicted octanol–water partition coefficient (Wildman–Crippen LogP) is 9.41. The summed E-state index contributed by atoms with van der Waals surface area (Å²) in [5.41, 5.74) is -0.736. The predicted molar refractivity (Wildman–Crippen MR) is 211 cm³/mol. The minimum atomic E-state index is -1.19. The molecule has 0 bridgehead atoms. The molecule has 5 saturated carbocycles. The molecule has 8 nitrogen and oxygen atoms in total. The fourth-order valence-electron chi connectivity index (χ4n) is 13.6. The number of amides is 1. The summed E-state index contributed by atoms with van der Waals surface area (Å²) >= 11 is 6.16. The standard InChI is InChI=1S/C46H62ClNO7/c1-26(2)35-30(49)24-45(37(51)38(52)48-46(22-23-46)27-10-12-28(47)13-11-27)21-20-43(8)29(36(35)45)14-15-32-42(7)18-17-33(55-34(50)25-40(3,4)39(53)54)41(5,6)31(42)16-19-44(32,43)9/h10-13,26,29,31-33H,14-25H2,1-9H3,(H,48,52)(H,53,54)/t29-,31-,32+,33?,42+,43-,44-,45-/m1/s1. The number of Topliss-reactive ketones (excluding diaryl/α,β-unsaturated/α-hetero) is 2. The molecule has 0 aliphatic heterocycles. The van der Waals surface area contributed by atoms with Crippen LogP contribution in [0, 0.1) is 56.2 Å². The van der Waals surface area contributed by atoms with E-state index in [4.69, 9.17) is 16.3 Å². The first-order valence-electron chi connectivity index (χ1n) is 20.8. The molecule has 0 heterocycles. The SMILES string of the molecule is CC(C)C1=C2[C@H]3CC[C@H]4[C@@]5(C)CCC(OC(=O)CC(C)(C)C(=O)O)C(C)(C)[C@H]5CC[C@@]4(C)[C@]3(C)CC[C@@]2(C(=O)C(=O)NC2(c3ccc(Cl)cc3)CC2)CC1=O. The van der Waals surface area contributed by atoms with Crippen LogP contribution in [0.25, 0.3) is 0 Å². The number of ether oxygens (including phenoxy) is 1. The molecule has 7 rings (SSSR count). The first-order valence-corrected chi connectivity index (χ1v) is 21.2. The van der Waals surface area contributed by atoms with Crippen LogP contribution in [0.1, 0.15) is 145 Å². The molecule has 1 aromatic carbocycles. The number of esters is 1. The van der Waals surface area contributed by atoms with E-state index in [0.29, 0.717) is 23.3 Å². The van der Waals surface area contributed by atoms with Crippen LogP contribution in [-0.4, -0.2) is 40.6 Å². The van der Waals surface area contributed by atoms with Crippen molar-refractivity contribution >= 4 is 41.0 Å². The fourth-order valence-corrected chi connectivity index (χ4v) is 13.7. The molecule has 0 saturated heterocycles. The van der Waals surface area contributed by atoms with E-state index in [9.17, 15) is 29.1 Å². The van der Waals surface area contributed by atoms with Gasteiger partial charge in [0.2, 0.25) is 5.78 Å². The maximum absolute atomic E-state index is 14.8. The Hall–Kier alpha value is -3.00. The fraction of sp³-hybridized carbons (Fsp3) is 0.717. The number of benzene rings is 1. The Labute approximate surface area is 332 Å². The van der Waals surface area contributed by atoms with Crippen LogP contribution in [0.2, 0.25) is 5.02 Å². The van der Waals surface area contributed by atoms with Gasteiger partial charge >= 0.3 is 11.9 Å². The van der Waals surface area contributed by atoms with Crippen LogP contribution in [0.4, 0.5) is 0 Å². The van der Waals surface area contributed by atoms with Gasteiger partial charge in [0.25, 0.3) is 5.91 Å². The van der Waals surface area contributed by atoms with E-state index in [1.165, 1.54) is 0 Å². The molecule has 9 heteroatoms. The van der Waals surface area contributed by atoms with E-state index < -0.39 is 40.0 Å². The van der Waals surface area contributed by atoms with Crippen LogP contribution in [0.3, 0.4) is 0 Å². The molecular formula is C46H62ClNO7. The number of ketones is 2. The zero-order chi connectivity index (χ0) is 40.3. The molecular weight excluding hydrogens is 714 g/mol. The van der Waals surface area contributed by atoms with Gasteiger partial charge in [-0.3, -0.25) is 24.0 Å². The number of halogens is 1. The lowest BCUT2D eigenvalue weighted by Crippen LogP contribution is -2.66. The lowest BCUT2D eigenvalue weighted by Gasteiger charge is -2.72. The molecule has 0 spiro atoms. The number of carboxylic acids is 1. The van der Waals surface area contributed by atoms with Gasteiger partial charge in [-0.25, -0.2) is 0 Å². The second-order valence-electron chi connectivity index (χ2n) is 20.9. The molecule has 300 valence electrons. The van der Waals surface area contributed by atoms with Crippen molar-refractivity contribution in [1.29, 1.82) is 0 Å². The Morgan fingerprint density at radius 3 is 2.13 bits per heavy atom. The third-order valence-corrected chi connectivity index (χ3v) is 17.2. The van der Waals surface area contributed by atoms with Gasteiger partial charge in [0, 0.05) is 16.9 Å². The Morgan fingerprint density at radius 2 is 1.53 bits per heavy atom. The molecule has 6 aliphatic rings. The second-order valence-corrected chi connectivity index (χ2v) is 21.3. The van der Waals surface area contributed by atoms with Crippen LogP contribution < -0.4 is 5.32 Å². The summed E-state index contributed by atoms with van der Waals surface area (Å²) in [6.07, 6.45) is 7.85. The average molecular weight is 776 g/mol. The lowest BCUT2D eigenvalue weighted by atomic mass is 9.33. The topological polar surface area (TPSA) is 127 Å². The van der Waals surface area contributed by atoms with Crippen LogP contribution >= 0.6 is 11.6 Å². The third kappa shape index (κ3) is 5.91. The highest BCUT2D eigenvalue weighted by molar-refractivity contribution is 6.40. The number of nitrogens with one attached hydrogen (secondary N) is 1. The number of aliphatic carboxylic acids is 1. The van der Waals surface area contributed by atoms with Crippen LogP contribution in [-0.2, 0) is 34.2 Å². The highest BCUT2D eigenvalue weighted by Gasteiger charge is 2.71. The lowest BCUT2D eigenvalue weighted by molar-refractivity contribution is -0.233. The average Bonchev–Trinajstić information content (AvgIpc) is 3.80. The van der Waals surface area contributed by atoms with Crippen LogP contribution in [0.15, 0.2) is 35.4 Å². The molecule has 1 amide bonds. The molecule has 6 aliphatic carbocycles. The molecule has 0 radical (unpaired) electrons. The van der Waals surface area contributed by atoms with Gasteiger partial charge in [-0.05, 0) is 147 Å². The highest BCUT2D eigenvalue weighted by Crippen LogP contribution is 2.77. The number of carbonyl (C=O) groups is 5. The maximum Gasteiger partial charge on any atom is 0.309 e. The van der Waals surface area contributed by atoms with Crippen molar-refractivity contribution in [3.05, 3.63) is 46.0 Å². The summed E-state index contributed by atoms with van der Waals surface area (Å²) in [5, 5.41) is 13.4. The van der Waals surface area contributed by atoms with Gasteiger partial charge < -0.3 is 15.2 Å². The summed E-state index contributed by atoms with van der Waals surface area (Å²) in [6, 6.07) is 7.47. The molecule has 55 heavy (non-hydrogen) atoms. The number of carbonyl (C=O) groups excluding carboxylic acids is 4. The van der Waals surface area contributed by atoms with Crippen LogP contribution in [0.5, 0.6) is 0 Å². The molecule has 0 aromatic heterocycles. The number of fused-ring (bicyclic) bond motifs is 7. The maximum atomic E-state index is 14.8. The molecule has 5 fully saturated rings. The Kier molecular flexibility index (Phi) is 9.51. The minimum Gasteiger partial charge on any atom is -0.481 e. The highest BCUT2D eigenvalue weighted by atomic mass is 35.5. The minimum absolute atomic E-state index is 0.0149. The zero-order valence-electron chi connectivity index (χ0n) is 34.5. The van der Waals surface area contributed by atoms with Crippen molar-refractivity contribution in [2.24, 2.45) is 56.2 Å². The van der Waals surface area contributed by atoms with Gasteiger partial charge in [-0.2, -0.15) is 0 Å². The zero-order valence-corrected chi connectivity index (χ0v) is 35.2. The smallest absolute Gasteiger partial charge is 0.309 e. The van der Waals surface area contributed by atoms with Crippen molar-refractivity contribution in [3.8, 4) is 0 Å². The Balaban J connectivity index is 1.17. The quantitative estimate of drug-likeness (QED) is 0.189. The largest absolute Gasteiger partial charge is 0.481 e. The summed E-state index contributed by atoms with van der Waals surface area (Å²) in [6.45, 7) is 19.1. The van der Waals surface area contributed by atoms with Crippen molar-refractivity contribution in [1.82, 2.24) is 5.32 Å². The summed E-state index contributed by atoms with van der Waals surface area (Å²) < 4.78 is 6.15. The number of hydrogen-bond acceptors (Lipinski definition) is 6. The van der Waals surface area contributed by atoms with Crippen molar-refractivity contribution in [3.63, 3.8) is 0 Å². The van der Waals surface area contributed by atoms with E-state index in [2.05, 4.69) is 53.8 Å². The van der Waals surface area contributed by atoms with Gasteiger partial charge in [-0.1, -0.05) is 72.2 Å². The Morgan fingerprint density at radius 1 is 0.873 bits per heavy atom. The molecule has 1 aromatic rings. The van der Waals surface area contributed by atoms with Gasteiger partial charge in [-0.15, -0.1) is 0 Å². The van der Waals surface area contributed by atoms with Crippen molar-refractivity contribution < 1.29 is 33.8 Å². The molecule has 2 N–H and O–H groups in total. The van der Waals surface area contributed by atoms with Crippen molar-refractivity contribution in [2.45, 2.75) is 151 Å². The van der Waals surface area contributed by atoms with Gasteiger partial charge in [0.15, 0.2) is 5.78 Å². The number of carboxylic acid groups (broad SMARTS) is 1. The third-order valence-electron chi connectivity index (χ3n) is 16.9. The molecule has 8 atom stereocenters. The normalized spacial score (nSPS) is 37.3. The summed E-state index contributed by atoms with van der Waals surface area (Å²) in [4.78, 5) is 67.9. The Bertz CT molecular complexity index is 1860. The number of allylic oxidation sites excluding steroid dienone is 2. The first kappa shape index (κ1) is 40.2. The van der Waals surface area contributed by atoms with E-state index in [-0.39, 0.29) is 58.2 Å². The van der Waals surface area contributed by atoms with E-state index >= 15 is 0 Å². The van der Waals surface area contributed by atoms with Gasteiger partial charge in [0.05, 0.1) is 22.8 Å². The van der Waals surface area contributed by atoms with Crippen molar-refractivity contribution in [2.75, 3.05) is 0 Å². The second kappa shape index (κ2) is 13.0. The molecule has 1 unspecified atom stereocenters. The van der Waals surface area contributed by atoms with E-state index in [1.807, 2.05) is 24.3 Å². The monoisotopic (exact) mass is 775 g/mol. The first-order chi connectivity index (χ1) is 25.5.